The van der Waals surface area contributed by atoms with Gasteiger partial charge in [0.25, 0.3) is 0 Å². The summed E-state index contributed by atoms with van der Waals surface area (Å²) in [5, 5.41) is 6.54. The van der Waals surface area contributed by atoms with Crippen LogP contribution in [0, 0.1) is 5.41 Å². The van der Waals surface area contributed by atoms with Crippen LogP contribution in [0.5, 0.6) is 0 Å². The third-order valence-electron chi connectivity index (χ3n) is 4.16. The van der Waals surface area contributed by atoms with E-state index >= 15 is 0 Å². The van der Waals surface area contributed by atoms with Crippen molar-refractivity contribution in [3.63, 3.8) is 0 Å². The van der Waals surface area contributed by atoms with Crippen molar-refractivity contribution < 1.29 is 4.79 Å². The second kappa shape index (κ2) is 4.52. The molecular formula is C12H22N2O. The number of amides is 1. The molecule has 2 N–H and O–H groups in total. The Bertz CT molecular complexity index is 230. The van der Waals surface area contributed by atoms with Crippen LogP contribution in [-0.2, 0) is 4.79 Å². The summed E-state index contributed by atoms with van der Waals surface area (Å²) in [5.41, 5.74) is -0.0686. The smallest absolute Gasteiger partial charge is 0.226 e. The van der Waals surface area contributed by atoms with E-state index < -0.39 is 0 Å². The van der Waals surface area contributed by atoms with E-state index in [1.54, 1.807) is 0 Å². The molecule has 0 unspecified atom stereocenters. The molecule has 1 amide bonds. The van der Waals surface area contributed by atoms with Crippen LogP contribution in [-0.4, -0.2) is 25.0 Å². The maximum Gasteiger partial charge on any atom is 0.226 e. The third kappa shape index (κ3) is 2.17. The summed E-state index contributed by atoms with van der Waals surface area (Å²) in [6, 6.07) is 0.482. The molecule has 0 aromatic carbocycles. The number of piperidine rings is 1. The average molecular weight is 210 g/mol. The number of rotatable bonds is 3. The summed E-state index contributed by atoms with van der Waals surface area (Å²) in [5.74, 6) is 0.316. The number of hydrogen-bond acceptors (Lipinski definition) is 2. The summed E-state index contributed by atoms with van der Waals surface area (Å²) < 4.78 is 0. The first-order valence-corrected chi connectivity index (χ1v) is 6.28. The first kappa shape index (κ1) is 10.9. The van der Waals surface area contributed by atoms with Crippen LogP contribution < -0.4 is 10.6 Å². The van der Waals surface area contributed by atoms with Gasteiger partial charge in [-0.1, -0.05) is 6.92 Å². The molecule has 1 aliphatic heterocycles. The molecule has 3 heteroatoms. The Hall–Kier alpha value is -0.570. The van der Waals surface area contributed by atoms with Crippen LogP contribution in [0.25, 0.3) is 0 Å². The van der Waals surface area contributed by atoms with Gasteiger partial charge in [-0.15, -0.1) is 0 Å². The van der Waals surface area contributed by atoms with Gasteiger partial charge in [-0.05, 0) is 51.6 Å². The lowest BCUT2D eigenvalue weighted by Gasteiger charge is -2.38. The van der Waals surface area contributed by atoms with E-state index in [1.165, 1.54) is 19.3 Å². The Balaban J connectivity index is 1.93. The minimum Gasteiger partial charge on any atom is -0.353 e. The van der Waals surface area contributed by atoms with E-state index in [2.05, 4.69) is 17.6 Å². The molecule has 0 radical (unpaired) electrons. The molecular weight excluding hydrogens is 188 g/mol. The molecule has 15 heavy (non-hydrogen) atoms. The van der Waals surface area contributed by atoms with Gasteiger partial charge in [-0.3, -0.25) is 4.79 Å². The highest BCUT2D eigenvalue weighted by molar-refractivity contribution is 5.83. The molecule has 0 aromatic heterocycles. The normalized spacial score (nSPS) is 25.7. The molecule has 0 bridgehead atoms. The molecule has 0 spiro atoms. The van der Waals surface area contributed by atoms with Crippen molar-refractivity contribution in [2.45, 2.75) is 51.5 Å². The van der Waals surface area contributed by atoms with Crippen molar-refractivity contribution in [3.8, 4) is 0 Å². The number of carbonyl (C=O) groups is 1. The molecule has 86 valence electrons. The van der Waals surface area contributed by atoms with Gasteiger partial charge in [0.1, 0.15) is 0 Å². The van der Waals surface area contributed by atoms with Gasteiger partial charge in [0.15, 0.2) is 0 Å². The highest BCUT2D eigenvalue weighted by atomic mass is 16.2. The van der Waals surface area contributed by atoms with Gasteiger partial charge in [0, 0.05) is 6.04 Å². The predicted octanol–water partition coefficient (Wildman–Crippen LogP) is 1.43. The van der Waals surface area contributed by atoms with E-state index in [9.17, 15) is 4.79 Å². The minimum absolute atomic E-state index is 0.0686. The highest BCUT2D eigenvalue weighted by Crippen LogP contribution is 2.33. The maximum atomic E-state index is 12.2. The Morgan fingerprint density at radius 1 is 1.40 bits per heavy atom. The molecule has 3 nitrogen and oxygen atoms in total. The van der Waals surface area contributed by atoms with Crippen LogP contribution in [0.2, 0.25) is 0 Å². The van der Waals surface area contributed by atoms with Crippen molar-refractivity contribution in [2.24, 2.45) is 5.41 Å². The molecule has 1 heterocycles. The monoisotopic (exact) mass is 210 g/mol. The zero-order valence-electron chi connectivity index (χ0n) is 9.64. The topological polar surface area (TPSA) is 41.1 Å². The van der Waals surface area contributed by atoms with Gasteiger partial charge in [0.05, 0.1) is 5.41 Å². The molecule has 2 aliphatic rings. The lowest BCUT2D eigenvalue weighted by Crippen LogP contribution is -2.51. The van der Waals surface area contributed by atoms with Crippen molar-refractivity contribution in [1.29, 1.82) is 0 Å². The Morgan fingerprint density at radius 2 is 2.07 bits per heavy atom. The highest BCUT2D eigenvalue weighted by Gasteiger charge is 2.38. The summed E-state index contributed by atoms with van der Waals surface area (Å²) in [6.45, 7) is 4.13. The van der Waals surface area contributed by atoms with Crippen molar-refractivity contribution in [3.05, 3.63) is 0 Å². The van der Waals surface area contributed by atoms with E-state index in [4.69, 9.17) is 0 Å². The molecule has 1 aliphatic carbocycles. The SMILES string of the molecule is CCC1(C(=O)NC2CCC2)CCNCC1. The first-order valence-electron chi connectivity index (χ1n) is 6.28. The summed E-state index contributed by atoms with van der Waals surface area (Å²) in [4.78, 5) is 12.2. The Morgan fingerprint density at radius 3 is 2.53 bits per heavy atom. The molecule has 2 fully saturated rings. The second-order valence-electron chi connectivity index (χ2n) is 4.99. The molecule has 0 atom stereocenters. The number of hydrogen-bond donors (Lipinski definition) is 2. The van der Waals surface area contributed by atoms with Crippen LogP contribution in [0.4, 0.5) is 0 Å². The fraction of sp³-hybridized carbons (Fsp3) is 0.917. The lowest BCUT2D eigenvalue weighted by molar-refractivity contribution is -0.134. The average Bonchev–Trinajstić information content (AvgIpc) is 2.24. The third-order valence-corrected chi connectivity index (χ3v) is 4.16. The van der Waals surface area contributed by atoms with E-state index in [-0.39, 0.29) is 5.41 Å². The molecule has 0 aromatic rings. The summed E-state index contributed by atoms with van der Waals surface area (Å²) in [6.07, 6.45) is 6.64. The molecule has 2 rings (SSSR count). The zero-order chi connectivity index (χ0) is 10.7. The van der Waals surface area contributed by atoms with Crippen molar-refractivity contribution >= 4 is 5.91 Å². The lowest BCUT2D eigenvalue weighted by atomic mass is 9.75. The summed E-state index contributed by atoms with van der Waals surface area (Å²) in [7, 11) is 0. The standard InChI is InChI=1S/C12H22N2O/c1-2-12(6-8-13-9-7-12)11(15)14-10-4-3-5-10/h10,13H,2-9H2,1H3,(H,14,15). The number of carbonyl (C=O) groups excluding carboxylic acids is 1. The predicted molar refractivity (Wildman–Crippen MR) is 60.6 cm³/mol. The van der Waals surface area contributed by atoms with E-state index in [1.807, 2.05) is 0 Å². The first-order chi connectivity index (χ1) is 7.27. The van der Waals surface area contributed by atoms with Crippen LogP contribution in [0.1, 0.15) is 45.4 Å². The maximum absolute atomic E-state index is 12.2. The fourth-order valence-electron chi connectivity index (χ4n) is 2.54. The van der Waals surface area contributed by atoms with Crippen LogP contribution in [0.15, 0.2) is 0 Å². The van der Waals surface area contributed by atoms with E-state index in [0.717, 1.165) is 32.4 Å². The molecule has 1 saturated heterocycles. The largest absolute Gasteiger partial charge is 0.353 e. The fourth-order valence-corrected chi connectivity index (χ4v) is 2.54. The molecule has 1 saturated carbocycles. The van der Waals surface area contributed by atoms with Crippen molar-refractivity contribution in [2.75, 3.05) is 13.1 Å². The van der Waals surface area contributed by atoms with Gasteiger partial charge >= 0.3 is 0 Å². The van der Waals surface area contributed by atoms with Crippen molar-refractivity contribution in [1.82, 2.24) is 10.6 Å². The second-order valence-corrected chi connectivity index (χ2v) is 4.99. The van der Waals surface area contributed by atoms with Gasteiger partial charge in [-0.2, -0.15) is 0 Å². The van der Waals surface area contributed by atoms with Gasteiger partial charge in [0.2, 0.25) is 5.91 Å². The van der Waals surface area contributed by atoms with E-state index in [0.29, 0.717) is 11.9 Å². The quantitative estimate of drug-likeness (QED) is 0.740. The van der Waals surface area contributed by atoms with Crippen LogP contribution >= 0.6 is 0 Å². The van der Waals surface area contributed by atoms with Crippen LogP contribution in [0.3, 0.4) is 0 Å². The van der Waals surface area contributed by atoms with Gasteiger partial charge in [-0.25, -0.2) is 0 Å². The minimum atomic E-state index is -0.0686. The number of nitrogens with one attached hydrogen (secondary N) is 2. The zero-order valence-corrected chi connectivity index (χ0v) is 9.64. The Kier molecular flexibility index (Phi) is 3.29. The summed E-state index contributed by atoms with van der Waals surface area (Å²) >= 11 is 0. The Labute approximate surface area is 92.0 Å². The van der Waals surface area contributed by atoms with Gasteiger partial charge < -0.3 is 10.6 Å².